The number of benzene rings is 3. The van der Waals surface area contributed by atoms with Gasteiger partial charge in [0.25, 0.3) is 0 Å². The van der Waals surface area contributed by atoms with E-state index >= 15 is 0 Å². The number of nitrogens with one attached hydrogen (secondary N) is 2. The molecule has 0 atom stereocenters. The molecule has 0 aliphatic carbocycles. The van der Waals surface area contributed by atoms with Gasteiger partial charge < -0.3 is 15.5 Å². The summed E-state index contributed by atoms with van der Waals surface area (Å²) < 4.78 is 0. The van der Waals surface area contributed by atoms with Gasteiger partial charge in [-0.3, -0.25) is 0 Å². The number of hydrogen-bond acceptors (Lipinski definition) is 3. The Labute approximate surface area is 182 Å². The first-order valence-corrected chi connectivity index (χ1v) is 11.3. The van der Waals surface area contributed by atoms with Crippen molar-refractivity contribution in [2.75, 3.05) is 41.7 Å². The third kappa shape index (κ3) is 4.96. The normalized spacial score (nSPS) is 10.7. The van der Waals surface area contributed by atoms with Gasteiger partial charge in [-0.25, -0.2) is 0 Å². The van der Waals surface area contributed by atoms with Gasteiger partial charge in [0.15, 0.2) is 0 Å². The van der Waals surface area contributed by atoms with E-state index in [0.29, 0.717) is 0 Å². The molecule has 0 aliphatic rings. The molecule has 0 aliphatic heterocycles. The summed E-state index contributed by atoms with van der Waals surface area (Å²) in [7, 11) is 0. The van der Waals surface area contributed by atoms with Crippen LogP contribution in [0.3, 0.4) is 0 Å². The molecule has 0 heterocycles. The van der Waals surface area contributed by atoms with Crippen molar-refractivity contribution < 1.29 is 0 Å². The Balaban J connectivity index is 2.02. The maximum Gasteiger partial charge on any atom is 0.0426 e. The first-order chi connectivity index (χ1) is 14.7. The van der Waals surface area contributed by atoms with E-state index in [9.17, 15) is 0 Å². The van der Waals surface area contributed by atoms with Crippen LogP contribution in [0.1, 0.15) is 34.1 Å². The van der Waals surface area contributed by atoms with Gasteiger partial charge in [-0.05, 0) is 74.2 Å². The average Bonchev–Trinajstić information content (AvgIpc) is 2.79. The van der Waals surface area contributed by atoms with Crippen LogP contribution in [0.2, 0.25) is 0 Å². The molecule has 3 heteroatoms. The number of nitrogens with zero attached hydrogens (tertiary/aromatic N) is 1. The molecule has 2 N–H and O–H groups in total. The molecular weight excluding hydrogens is 366 g/mol. The monoisotopic (exact) mass is 401 g/mol. The van der Waals surface area contributed by atoms with Gasteiger partial charge >= 0.3 is 0 Å². The molecule has 0 saturated heterocycles. The van der Waals surface area contributed by atoms with Crippen LogP contribution < -0.4 is 15.5 Å². The van der Waals surface area contributed by atoms with E-state index in [4.69, 9.17) is 0 Å². The molecule has 0 aromatic heterocycles. The lowest BCUT2D eigenvalue weighted by Gasteiger charge is -2.22. The lowest BCUT2D eigenvalue weighted by molar-refractivity contribution is 0.866. The minimum Gasteiger partial charge on any atom is -0.385 e. The van der Waals surface area contributed by atoms with Crippen molar-refractivity contribution >= 4 is 17.1 Å². The minimum atomic E-state index is 0.896. The molecule has 30 heavy (non-hydrogen) atoms. The van der Waals surface area contributed by atoms with Crippen molar-refractivity contribution in [3.63, 3.8) is 0 Å². The Hall–Kier alpha value is -2.94. The lowest BCUT2D eigenvalue weighted by atomic mass is 9.92. The summed E-state index contributed by atoms with van der Waals surface area (Å²) in [5.74, 6) is 0. The fourth-order valence-electron chi connectivity index (χ4n) is 3.91. The summed E-state index contributed by atoms with van der Waals surface area (Å²) in [4.78, 5) is 2.38. The molecule has 3 rings (SSSR count). The van der Waals surface area contributed by atoms with Crippen molar-refractivity contribution in [2.24, 2.45) is 0 Å². The molecule has 0 unspecified atom stereocenters. The topological polar surface area (TPSA) is 27.3 Å². The Kier molecular flexibility index (Phi) is 7.78. The third-order valence-electron chi connectivity index (χ3n) is 5.49. The van der Waals surface area contributed by atoms with E-state index in [2.05, 4.69) is 110 Å². The minimum absolute atomic E-state index is 0.896. The van der Waals surface area contributed by atoms with Gasteiger partial charge in [0.05, 0.1) is 0 Å². The highest BCUT2D eigenvalue weighted by atomic mass is 15.1. The summed E-state index contributed by atoms with van der Waals surface area (Å²) in [5.41, 5.74) is 8.62. The predicted octanol–water partition coefficient (Wildman–Crippen LogP) is 7.12. The Morgan fingerprint density at radius 1 is 0.700 bits per heavy atom. The SMILES string of the molecule is CCCNc1ccc(-c2c(NCC)cccc2-c2ccc(N(CC)CC)cc2)cc1. The number of anilines is 3. The van der Waals surface area contributed by atoms with Crippen molar-refractivity contribution in [3.05, 3.63) is 66.7 Å². The molecule has 0 saturated carbocycles. The number of hydrogen-bond donors (Lipinski definition) is 2. The quantitative estimate of drug-likeness (QED) is 0.379. The van der Waals surface area contributed by atoms with Gasteiger partial charge in [-0.1, -0.05) is 43.3 Å². The summed E-state index contributed by atoms with van der Waals surface area (Å²) >= 11 is 0. The number of rotatable bonds is 10. The molecule has 158 valence electrons. The highest BCUT2D eigenvalue weighted by Crippen LogP contribution is 2.38. The standard InChI is InChI=1S/C27H35N3/c1-5-20-29-23-16-12-22(13-17-23)27-25(10-9-11-26(27)28-6-2)21-14-18-24(19-15-21)30(7-3)8-4/h9-19,28-29H,5-8,20H2,1-4H3. The zero-order valence-corrected chi connectivity index (χ0v) is 18.8. The van der Waals surface area contributed by atoms with Crippen LogP contribution in [0.4, 0.5) is 17.1 Å². The van der Waals surface area contributed by atoms with Crippen molar-refractivity contribution in [1.82, 2.24) is 0 Å². The maximum atomic E-state index is 3.56. The first kappa shape index (κ1) is 21.8. The summed E-state index contributed by atoms with van der Waals surface area (Å²) in [6.07, 6.45) is 1.12. The largest absolute Gasteiger partial charge is 0.385 e. The summed E-state index contributed by atoms with van der Waals surface area (Å²) in [6.45, 7) is 12.7. The molecule has 3 aromatic carbocycles. The van der Waals surface area contributed by atoms with Crippen LogP contribution in [0, 0.1) is 0 Å². The molecule has 0 spiro atoms. The van der Waals surface area contributed by atoms with Crippen molar-refractivity contribution in [3.8, 4) is 22.3 Å². The van der Waals surface area contributed by atoms with Crippen LogP contribution in [-0.4, -0.2) is 26.2 Å². The van der Waals surface area contributed by atoms with Gasteiger partial charge in [-0.15, -0.1) is 0 Å². The van der Waals surface area contributed by atoms with Crippen LogP contribution in [0.25, 0.3) is 22.3 Å². The van der Waals surface area contributed by atoms with E-state index in [1.54, 1.807) is 0 Å². The van der Waals surface area contributed by atoms with Crippen LogP contribution >= 0.6 is 0 Å². The lowest BCUT2D eigenvalue weighted by Crippen LogP contribution is -2.21. The zero-order chi connectivity index (χ0) is 21.3. The highest BCUT2D eigenvalue weighted by molar-refractivity contribution is 5.92. The van der Waals surface area contributed by atoms with E-state index in [1.165, 1.54) is 39.3 Å². The zero-order valence-electron chi connectivity index (χ0n) is 18.8. The molecule has 0 fully saturated rings. The first-order valence-electron chi connectivity index (χ1n) is 11.3. The molecule has 0 radical (unpaired) electrons. The Morgan fingerprint density at radius 3 is 1.97 bits per heavy atom. The second kappa shape index (κ2) is 10.7. The van der Waals surface area contributed by atoms with E-state index in [1.807, 2.05) is 0 Å². The molecular formula is C27H35N3. The molecule has 3 aromatic rings. The third-order valence-corrected chi connectivity index (χ3v) is 5.49. The fourth-order valence-corrected chi connectivity index (χ4v) is 3.91. The Morgan fingerprint density at radius 2 is 1.37 bits per heavy atom. The van der Waals surface area contributed by atoms with Crippen LogP contribution in [-0.2, 0) is 0 Å². The maximum absolute atomic E-state index is 3.56. The van der Waals surface area contributed by atoms with Crippen LogP contribution in [0.15, 0.2) is 66.7 Å². The predicted molar refractivity (Wildman–Crippen MR) is 134 cm³/mol. The highest BCUT2D eigenvalue weighted by Gasteiger charge is 2.13. The van der Waals surface area contributed by atoms with E-state index < -0.39 is 0 Å². The molecule has 0 bridgehead atoms. The van der Waals surface area contributed by atoms with Crippen LogP contribution in [0.5, 0.6) is 0 Å². The van der Waals surface area contributed by atoms with Gasteiger partial charge in [-0.2, -0.15) is 0 Å². The molecule has 3 nitrogen and oxygen atoms in total. The van der Waals surface area contributed by atoms with E-state index in [-0.39, 0.29) is 0 Å². The fraction of sp³-hybridized carbons (Fsp3) is 0.333. The average molecular weight is 402 g/mol. The Bertz CT molecular complexity index is 910. The summed E-state index contributed by atoms with van der Waals surface area (Å²) in [5, 5.41) is 7.02. The van der Waals surface area contributed by atoms with Gasteiger partial charge in [0.1, 0.15) is 0 Å². The smallest absolute Gasteiger partial charge is 0.0426 e. The second-order valence-corrected chi connectivity index (χ2v) is 7.48. The van der Waals surface area contributed by atoms with E-state index in [0.717, 1.165) is 32.6 Å². The van der Waals surface area contributed by atoms with Gasteiger partial charge in [0, 0.05) is 48.8 Å². The van der Waals surface area contributed by atoms with Crippen molar-refractivity contribution in [1.29, 1.82) is 0 Å². The van der Waals surface area contributed by atoms with Crippen molar-refractivity contribution in [2.45, 2.75) is 34.1 Å². The summed E-state index contributed by atoms with van der Waals surface area (Å²) in [6, 6.07) is 24.3. The second-order valence-electron chi connectivity index (χ2n) is 7.48. The molecule has 0 amide bonds. The van der Waals surface area contributed by atoms with Gasteiger partial charge in [0.2, 0.25) is 0 Å².